The van der Waals surface area contributed by atoms with Crippen molar-refractivity contribution in [1.82, 2.24) is 5.43 Å². The van der Waals surface area contributed by atoms with E-state index >= 15 is 0 Å². The molecule has 0 heterocycles. The minimum absolute atomic E-state index is 0.452. The topological polar surface area (TPSA) is 38.0 Å². The van der Waals surface area contributed by atoms with Crippen molar-refractivity contribution in [3.63, 3.8) is 0 Å². The molecular formula is C12H24N2. The van der Waals surface area contributed by atoms with Crippen molar-refractivity contribution in [3.8, 4) is 11.8 Å². The molecule has 3 N–H and O–H groups in total. The summed E-state index contributed by atoms with van der Waals surface area (Å²) in [5, 5.41) is 0. The third kappa shape index (κ3) is 8.10. The summed E-state index contributed by atoms with van der Waals surface area (Å²) < 4.78 is 0. The number of hydrazine groups is 1. The first-order chi connectivity index (χ1) is 6.85. The fourth-order valence-corrected chi connectivity index (χ4v) is 1.50. The average Bonchev–Trinajstić information content (AvgIpc) is 2.22. The molecule has 0 amide bonds. The number of hydrogen-bond acceptors (Lipinski definition) is 2. The van der Waals surface area contributed by atoms with Crippen LogP contribution in [0.4, 0.5) is 0 Å². The first-order valence-electron chi connectivity index (χ1n) is 5.70. The Morgan fingerprint density at radius 2 is 2.00 bits per heavy atom. The van der Waals surface area contributed by atoms with Gasteiger partial charge in [0.25, 0.3) is 0 Å². The molecule has 1 unspecified atom stereocenters. The third-order valence-corrected chi connectivity index (χ3v) is 2.44. The molecule has 1 atom stereocenters. The van der Waals surface area contributed by atoms with Gasteiger partial charge in [0.15, 0.2) is 0 Å². The number of hydrogen-bond donors (Lipinski definition) is 2. The Labute approximate surface area is 88.6 Å². The Morgan fingerprint density at radius 1 is 1.21 bits per heavy atom. The molecule has 0 saturated carbocycles. The van der Waals surface area contributed by atoms with Crippen molar-refractivity contribution in [2.45, 2.75) is 64.8 Å². The smallest absolute Gasteiger partial charge is 0.0219 e. The Bertz CT molecular complexity index is 167. The van der Waals surface area contributed by atoms with Gasteiger partial charge >= 0.3 is 0 Å². The van der Waals surface area contributed by atoms with Gasteiger partial charge in [-0.2, -0.15) is 0 Å². The van der Waals surface area contributed by atoms with Gasteiger partial charge < -0.3 is 0 Å². The summed E-state index contributed by atoms with van der Waals surface area (Å²) in [4.78, 5) is 0. The van der Waals surface area contributed by atoms with Crippen LogP contribution in [-0.2, 0) is 0 Å². The van der Waals surface area contributed by atoms with E-state index in [1.54, 1.807) is 0 Å². The van der Waals surface area contributed by atoms with Gasteiger partial charge in [0.1, 0.15) is 0 Å². The van der Waals surface area contributed by atoms with Gasteiger partial charge in [-0.15, -0.1) is 11.8 Å². The highest BCUT2D eigenvalue weighted by Gasteiger charge is 2.04. The predicted molar refractivity (Wildman–Crippen MR) is 62.6 cm³/mol. The lowest BCUT2D eigenvalue weighted by Gasteiger charge is -2.13. The highest BCUT2D eigenvalue weighted by molar-refractivity contribution is 4.95. The molecule has 0 aliphatic heterocycles. The van der Waals surface area contributed by atoms with Crippen LogP contribution in [0.1, 0.15) is 58.8 Å². The van der Waals surface area contributed by atoms with Crippen molar-refractivity contribution in [3.05, 3.63) is 0 Å². The maximum Gasteiger partial charge on any atom is 0.0219 e. The van der Waals surface area contributed by atoms with Crippen LogP contribution in [-0.4, -0.2) is 6.04 Å². The number of nitrogens with two attached hydrogens (primary N) is 1. The van der Waals surface area contributed by atoms with Crippen molar-refractivity contribution in [2.24, 2.45) is 5.84 Å². The lowest BCUT2D eigenvalue weighted by Crippen LogP contribution is -2.34. The lowest BCUT2D eigenvalue weighted by molar-refractivity contribution is 0.445. The highest BCUT2D eigenvalue weighted by atomic mass is 15.2. The van der Waals surface area contributed by atoms with E-state index in [9.17, 15) is 0 Å². The zero-order valence-corrected chi connectivity index (χ0v) is 9.60. The van der Waals surface area contributed by atoms with Gasteiger partial charge in [-0.05, 0) is 19.8 Å². The molecule has 0 radical (unpaired) electrons. The molecule has 0 fully saturated rings. The monoisotopic (exact) mass is 196 g/mol. The summed E-state index contributed by atoms with van der Waals surface area (Å²) in [6.07, 6.45) is 8.45. The average molecular weight is 196 g/mol. The number of rotatable bonds is 8. The summed E-state index contributed by atoms with van der Waals surface area (Å²) in [6.45, 7) is 4.11. The number of nitrogens with one attached hydrogen (secondary N) is 1. The third-order valence-electron chi connectivity index (χ3n) is 2.44. The van der Waals surface area contributed by atoms with Gasteiger partial charge in [0, 0.05) is 12.5 Å². The van der Waals surface area contributed by atoms with Crippen LogP contribution in [0.3, 0.4) is 0 Å². The van der Waals surface area contributed by atoms with Gasteiger partial charge in [-0.1, -0.05) is 32.6 Å². The van der Waals surface area contributed by atoms with E-state index in [0.29, 0.717) is 6.04 Å². The normalized spacial score (nSPS) is 11.9. The molecule has 0 aliphatic rings. The Morgan fingerprint density at radius 3 is 2.57 bits per heavy atom. The van der Waals surface area contributed by atoms with Gasteiger partial charge in [0.2, 0.25) is 0 Å². The second-order valence-electron chi connectivity index (χ2n) is 3.68. The molecule has 14 heavy (non-hydrogen) atoms. The second kappa shape index (κ2) is 10.6. The quantitative estimate of drug-likeness (QED) is 0.271. The molecule has 0 bridgehead atoms. The molecule has 2 nitrogen and oxygen atoms in total. The molecule has 82 valence electrons. The fourth-order valence-electron chi connectivity index (χ4n) is 1.50. The predicted octanol–water partition coefficient (Wildman–Crippen LogP) is 2.59. The SMILES string of the molecule is CC#CCCC(CCCCCC)NN. The summed E-state index contributed by atoms with van der Waals surface area (Å²) in [5.41, 5.74) is 2.87. The first-order valence-corrected chi connectivity index (χ1v) is 5.70. The van der Waals surface area contributed by atoms with E-state index < -0.39 is 0 Å². The van der Waals surface area contributed by atoms with Crippen molar-refractivity contribution < 1.29 is 0 Å². The standard InChI is InChI=1S/C12H24N2/c1-3-5-7-9-11-12(14-13)10-8-6-4-2/h12,14H,3,5,7-11,13H2,1-2H3. The minimum atomic E-state index is 0.452. The molecule has 0 aromatic carbocycles. The van der Waals surface area contributed by atoms with Crippen LogP contribution in [0.15, 0.2) is 0 Å². The van der Waals surface area contributed by atoms with E-state index in [0.717, 1.165) is 12.8 Å². The zero-order valence-electron chi connectivity index (χ0n) is 9.60. The molecule has 0 spiro atoms. The molecule has 0 rings (SSSR count). The van der Waals surface area contributed by atoms with Crippen molar-refractivity contribution in [2.75, 3.05) is 0 Å². The highest BCUT2D eigenvalue weighted by Crippen LogP contribution is 2.08. The fraction of sp³-hybridized carbons (Fsp3) is 0.833. The molecular weight excluding hydrogens is 172 g/mol. The van der Waals surface area contributed by atoms with E-state index in [4.69, 9.17) is 5.84 Å². The van der Waals surface area contributed by atoms with E-state index in [2.05, 4.69) is 24.2 Å². The Kier molecular flexibility index (Phi) is 10.2. The van der Waals surface area contributed by atoms with E-state index in [1.807, 2.05) is 6.92 Å². The van der Waals surface area contributed by atoms with Crippen molar-refractivity contribution in [1.29, 1.82) is 0 Å². The maximum atomic E-state index is 5.47. The molecule has 0 saturated heterocycles. The minimum Gasteiger partial charge on any atom is -0.271 e. The van der Waals surface area contributed by atoms with Crippen LogP contribution in [0.2, 0.25) is 0 Å². The van der Waals surface area contributed by atoms with Crippen LogP contribution < -0.4 is 11.3 Å². The van der Waals surface area contributed by atoms with Gasteiger partial charge in [0.05, 0.1) is 0 Å². The summed E-state index contributed by atoms with van der Waals surface area (Å²) >= 11 is 0. The summed E-state index contributed by atoms with van der Waals surface area (Å²) in [7, 11) is 0. The number of unbranched alkanes of at least 4 members (excludes halogenated alkanes) is 3. The maximum absolute atomic E-state index is 5.47. The Hall–Kier alpha value is -0.520. The van der Waals surface area contributed by atoms with Crippen molar-refractivity contribution >= 4 is 0 Å². The first kappa shape index (κ1) is 13.5. The van der Waals surface area contributed by atoms with E-state index in [-0.39, 0.29) is 0 Å². The van der Waals surface area contributed by atoms with Gasteiger partial charge in [-0.3, -0.25) is 11.3 Å². The second-order valence-corrected chi connectivity index (χ2v) is 3.68. The van der Waals surface area contributed by atoms with Crippen LogP contribution in [0.25, 0.3) is 0 Å². The molecule has 0 aromatic rings. The van der Waals surface area contributed by atoms with Crippen LogP contribution in [0, 0.1) is 11.8 Å². The Balaban J connectivity index is 3.41. The molecule has 0 aromatic heterocycles. The largest absolute Gasteiger partial charge is 0.271 e. The zero-order chi connectivity index (χ0) is 10.6. The molecule has 2 heteroatoms. The van der Waals surface area contributed by atoms with Gasteiger partial charge in [-0.25, -0.2) is 0 Å². The lowest BCUT2D eigenvalue weighted by atomic mass is 10.0. The summed E-state index contributed by atoms with van der Waals surface area (Å²) in [6, 6.07) is 0.452. The summed E-state index contributed by atoms with van der Waals surface area (Å²) in [5.74, 6) is 11.4. The van der Waals surface area contributed by atoms with Crippen LogP contribution >= 0.6 is 0 Å². The van der Waals surface area contributed by atoms with Crippen LogP contribution in [0.5, 0.6) is 0 Å². The molecule has 0 aliphatic carbocycles. The van der Waals surface area contributed by atoms with E-state index in [1.165, 1.54) is 32.1 Å².